The molecule has 8 nitrogen and oxygen atoms in total. The van der Waals surface area contributed by atoms with Crippen molar-refractivity contribution < 1.29 is 13.8 Å². The lowest BCUT2D eigenvalue weighted by atomic mass is 10.0. The summed E-state index contributed by atoms with van der Waals surface area (Å²) in [4.78, 5) is 8.58. The predicted octanol–water partition coefficient (Wildman–Crippen LogP) is 2.32. The van der Waals surface area contributed by atoms with Crippen LogP contribution in [0.5, 0.6) is 0 Å². The molecular formula is C15H17N5O3. The fourth-order valence-corrected chi connectivity index (χ4v) is 3.01. The predicted molar refractivity (Wildman–Crippen MR) is 78.3 cm³/mol. The minimum absolute atomic E-state index is 0.195. The van der Waals surface area contributed by atoms with E-state index in [0.29, 0.717) is 24.1 Å². The summed E-state index contributed by atoms with van der Waals surface area (Å²) in [6.45, 7) is 5.19. The van der Waals surface area contributed by atoms with Crippen LogP contribution in [0, 0.1) is 19.8 Å². The van der Waals surface area contributed by atoms with Crippen LogP contribution in [0.4, 0.5) is 0 Å². The standard InChI is InChI=1S/C15H17N5O3/c1-9-12(10(2)22-18-9)14-17-15(23-19-14)13-11(3-6-21-13)7-20-5-4-16-8-20/h4-5,8,11,13H,3,6-7H2,1-2H3/t11-,13-/m0/s1. The van der Waals surface area contributed by atoms with Gasteiger partial charge in [0.25, 0.3) is 5.89 Å². The molecule has 0 unspecified atom stereocenters. The van der Waals surface area contributed by atoms with Crippen molar-refractivity contribution in [1.29, 1.82) is 0 Å². The van der Waals surface area contributed by atoms with Crippen molar-refractivity contribution >= 4 is 0 Å². The van der Waals surface area contributed by atoms with Crippen LogP contribution >= 0.6 is 0 Å². The summed E-state index contributed by atoms with van der Waals surface area (Å²) in [6, 6.07) is 0. The third-order valence-electron chi connectivity index (χ3n) is 4.16. The minimum Gasteiger partial charge on any atom is -0.368 e. The second kappa shape index (κ2) is 5.62. The van der Waals surface area contributed by atoms with Gasteiger partial charge in [-0.05, 0) is 20.3 Å². The lowest BCUT2D eigenvalue weighted by Gasteiger charge is -2.15. The summed E-state index contributed by atoms with van der Waals surface area (Å²) >= 11 is 0. The highest BCUT2D eigenvalue weighted by atomic mass is 16.5. The molecule has 4 rings (SSSR count). The molecule has 0 N–H and O–H groups in total. The number of hydrogen-bond donors (Lipinski definition) is 0. The summed E-state index contributed by atoms with van der Waals surface area (Å²) in [5, 5.41) is 8.00. The third kappa shape index (κ3) is 2.55. The van der Waals surface area contributed by atoms with E-state index in [1.54, 1.807) is 12.5 Å². The van der Waals surface area contributed by atoms with Gasteiger partial charge in [-0.1, -0.05) is 10.3 Å². The van der Waals surface area contributed by atoms with Gasteiger partial charge in [-0.2, -0.15) is 4.98 Å². The smallest absolute Gasteiger partial charge is 0.256 e. The Hall–Kier alpha value is -2.48. The largest absolute Gasteiger partial charge is 0.368 e. The van der Waals surface area contributed by atoms with Gasteiger partial charge >= 0.3 is 0 Å². The average molecular weight is 315 g/mol. The molecule has 1 fully saturated rings. The van der Waals surface area contributed by atoms with E-state index >= 15 is 0 Å². The van der Waals surface area contributed by atoms with E-state index in [0.717, 1.165) is 24.2 Å². The zero-order valence-corrected chi connectivity index (χ0v) is 13.0. The van der Waals surface area contributed by atoms with Gasteiger partial charge in [0, 0.05) is 31.5 Å². The van der Waals surface area contributed by atoms with Gasteiger partial charge in [-0.3, -0.25) is 0 Å². The van der Waals surface area contributed by atoms with Crippen LogP contribution in [0.25, 0.3) is 11.4 Å². The molecule has 0 bridgehead atoms. The Morgan fingerprint density at radius 1 is 1.26 bits per heavy atom. The summed E-state index contributed by atoms with van der Waals surface area (Å²) in [5.41, 5.74) is 1.53. The second-order valence-corrected chi connectivity index (χ2v) is 5.76. The van der Waals surface area contributed by atoms with Crippen LogP contribution in [0.3, 0.4) is 0 Å². The second-order valence-electron chi connectivity index (χ2n) is 5.76. The molecule has 3 aromatic rings. The van der Waals surface area contributed by atoms with Crippen molar-refractivity contribution in [2.24, 2.45) is 5.92 Å². The summed E-state index contributed by atoms with van der Waals surface area (Å²) < 4.78 is 18.5. The Balaban J connectivity index is 1.58. The first-order valence-corrected chi connectivity index (χ1v) is 7.56. The molecule has 1 aliphatic heterocycles. The molecule has 2 atom stereocenters. The topological polar surface area (TPSA) is 92.0 Å². The van der Waals surface area contributed by atoms with Gasteiger partial charge in [0.1, 0.15) is 11.9 Å². The molecular weight excluding hydrogens is 298 g/mol. The molecule has 23 heavy (non-hydrogen) atoms. The Morgan fingerprint density at radius 3 is 2.91 bits per heavy atom. The molecule has 4 heterocycles. The number of hydrogen-bond acceptors (Lipinski definition) is 7. The van der Waals surface area contributed by atoms with E-state index in [4.69, 9.17) is 13.8 Å². The highest BCUT2D eigenvalue weighted by Crippen LogP contribution is 2.36. The number of aryl methyl sites for hydroxylation is 2. The molecule has 0 spiro atoms. The number of aromatic nitrogens is 5. The van der Waals surface area contributed by atoms with Gasteiger partial charge in [-0.15, -0.1) is 0 Å². The summed E-state index contributed by atoms with van der Waals surface area (Å²) in [6.07, 6.45) is 6.27. The first kappa shape index (κ1) is 14.1. The van der Waals surface area contributed by atoms with Gasteiger partial charge in [-0.25, -0.2) is 4.98 Å². The van der Waals surface area contributed by atoms with Crippen LogP contribution in [-0.4, -0.2) is 31.5 Å². The van der Waals surface area contributed by atoms with Crippen molar-refractivity contribution in [3.05, 3.63) is 36.1 Å². The zero-order chi connectivity index (χ0) is 15.8. The summed E-state index contributed by atoms with van der Waals surface area (Å²) in [7, 11) is 0. The molecule has 8 heteroatoms. The molecule has 3 aromatic heterocycles. The number of rotatable bonds is 4. The Labute approximate surface area is 132 Å². The van der Waals surface area contributed by atoms with Crippen LogP contribution in [0.1, 0.15) is 29.9 Å². The Bertz CT molecular complexity index is 773. The minimum atomic E-state index is -0.195. The van der Waals surface area contributed by atoms with Crippen LogP contribution in [0.15, 0.2) is 27.8 Å². The van der Waals surface area contributed by atoms with Gasteiger partial charge in [0.15, 0.2) is 0 Å². The van der Waals surface area contributed by atoms with Crippen molar-refractivity contribution in [2.75, 3.05) is 6.61 Å². The molecule has 0 amide bonds. The van der Waals surface area contributed by atoms with E-state index in [1.165, 1.54) is 0 Å². The fourth-order valence-electron chi connectivity index (χ4n) is 3.01. The molecule has 1 saturated heterocycles. The highest BCUT2D eigenvalue weighted by Gasteiger charge is 2.35. The van der Waals surface area contributed by atoms with Crippen molar-refractivity contribution in [3.63, 3.8) is 0 Å². The monoisotopic (exact) mass is 315 g/mol. The highest BCUT2D eigenvalue weighted by molar-refractivity contribution is 5.59. The third-order valence-corrected chi connectivity index (χ3v) is 4.16. The molecule has 0 aliphatic carbocycles. The maximum atomic E-state index is 5.82. The molecule has 120 valence electrons. The van der Waals surface area contributed by atoms with E-state index in [1.807, 2.05) is 24.6 Å². The molecule has 0 radical (unpaired) electrons. The normalized spacial score (nSPS) is 21.1. The lowest BCUT2D eigenvalue weighted by Crippen LogP contribution is -2.14. The van der Waals surface area contributed by atoms with E-state index in [-0.39, 0.29) is 12.0 Å². The van der Waals surface area contributed by atoms with E-state index in [2.05, 4.69) is 20.3 Å². The van der Waals surface area contributed by atoms with Gasteiger partial charge in [0.2, 0.25) is 5.82 Å². The van der Waals surface area contributed by atoms with Crippen LogP contribution in [0.2, 0.25) is 0 Å². The van der Waals surface area contributed by atoms with Crippen molar-refractivity contribution in [1.82, 2.24) is 24.8 Å². The van der Waals surface area contributed by atoms with Crippen molar-refractivity contribution in [2.45, 2.75) is 32.9 Å². The van der Waals surface area contributed by atoms with Crippen LogP contribution < -0.4 is 0 Å². The SMILES string of the molecule is Cc1noc(C)c1-c1noc([C@H]2OCC[C@H]2Cn2ccnc2)n1. The molecule has 0 aromatic carbocycles. The zero-order valence-electron chi connectivity index (χ0n) is 13.0. The van der Waals surface area contributed by atoms with E-state index < -0.39 is 0 Å². The van der Waals surface area contributed by atoms with Gasteiger partial charge < -0.3 is 18.4 Å². The van der Waals surface area contributed by atoms with Crippen LogP contribution in [-0.2, 0) is 11.3 Å². The number of imidazole rings is 1. The maximum Gasteiger partial charge on any atom is 0.256 e. The number of nitrogens with zero attached hydrogens (tertiary/aromatic N) is 5. The quantitative estimate of drug-likeness (QED) is 0.729. The average Bonchev–Trinajstić information content (AvgIpc) is 3.28. The number of ether oxygens (including phenoxy) is 1. The summed E-state index contributed by atoms with van der Waals surface area (Å²) in [5.74, 6) is 1.95. The molecule has 1 aliphatic rings. The van der Waals surface area contributed by atoms with Gasteiger partial charge in [0.05, 0.1) is 17.6 Å². The Kier molecular flexibility index (Phi) is 3.45. The Morgan fingerprint density at radius 2 is 2.17 bits per heavy atom. The lowest BCUT2D eigenvalue weighted by molar-refractivity contribution is 0.0587. The van der Waals surface area contributed by atoms with E-state index in [9.17, 15) is 0 Å². The first-order chi connectivity index (χ1) is 11.2. The van der Waals surface area contributed by atoms with Crippen molar-refractivity contribution in [3.8, 4) is 11.4 Å². The fraction of sp³-hybridized carbons (Fsp3) is 0.467. The molecule has 0 saturated carbocycles. The first-order valence-electron chi connectivity index (χ1n) is 7.56. The maximum absolute atomic E-state index is 5.82.